The van der Waals surface area contributed by atoms with E-state index in [0.717, 1.165) is 39.0 Å². The fourth-order valence-corrected chi connectivity index (χ4v) is 3.16. The molecule has 0 aromatic rings. The summed E-state index contributed by atoms with van der Waals surface area (Å²) in [6.45, 7) is 10.9. The van der Waals surface area contributed by atoms with Crippen LogP contribution in [0.2, 0.25) is 0 Å². The molecular weight excluding hydrogens is 238 g/mol. The minimum atomic E-state index is 0.175. The van der Waals surface area contributed by atoms with Gasteiger partial charge >= 0.3 is 0 Å². The van der Waals surface area contributed by atoms with Gasteiger partial charge in [-0.05, 0) is 45.7 Å². The van der Waals surface area contributed by atoms with Crippen molar-refractivity contribution in [2.24, 2.45) is 11.8 Å². The largest absolute Gasteiger partial charge is 0.342 e. The Bertz CT molecular complexity index is 307. The molecule has 1 unspecified atom stereocenters. The predicted octanol–water partition coefficient (Wildman–Crippen LogP) is 1.17. The van der Waals surface area contributed by atoms with Crippen LogP contribution in [0.3, 0.4) is 0 Å². The first-order valence-electron chi connectivity index (χ1n) is 7.72. The summed E-state index contributed by atoms with van der Waals surface area (Å²) in [5.74, 6) is 1.06. The molecule has 0 spiro atoms. The first kappa shape index (κ1) is 14.8. The second-order valence-electron chi connectivity index (χ2n) is 6.52. The molecule has 2 aliphatic heterocycles. The molecule has 2 heterocycles. The van der Waals surface area contributed by atoms with Gasteiger partial charge in [0.25, 0.3) is 0 Å². The van der Waals surface area contributed by atoms with Crippen LogP contribution in [0.1, 0.15) is 33.6 Å². The summed E-state index contributed by atoms with van der Waals surface area (Å²) in [7, 11) is 2.00. The molecule has 0 aromatic heterocycles. The maximum atomic E-state index is 12.5. The van der Waals surface area contributed by atoms with Gasteiger partial charge in [0.1, 0.15) is 0 Å². The van der Waals surface area contributed by atoms with Gasteiger partial charge in [-0.15, -0.1) is 0 Å². The van der Waals surface area contributed by atoms with E-state index in [1.807, 2.05) is 11.9 Å². The molecular formula is C15H29N3O. The Hall–Kier alpha value is -0.610. The van der Waals surface area contributed by atoms with Gasteiger partial charge in [-0.25, -0.2) is 0 Å². The average molecular weight is 267 g/mol. The van der Waals surface area contributed by atoms with Crippen molar-refractivity contribution in [1.29, 1.82) is 0 Å². The van der Waals surface area contributed by atoms with Gasteiger partial charge in [0, 0.05) is 38.1 Å². The second-order valence-corrected chi connectivity index (χ2v) is 6.52. The van der Waals surface area contributed by atoms with Crippen molar-refractivity contribution in [3.8, 4) is 0 Å². The molecule has 2 fully saturated rings. The smallest absolute Gasteiger partial charge is 0.225 e. The molecule has 2 rings (SSSR count). The van der Waals surface area contributed by atoms with Gasteiger partial charge in [0.05, 0.1) is 0 Å². The van der Waals surface area contributed by atoms with E-state index < -0.39 is 0 Å². The van der Waals surface area contributed by atoms with Crippen molar-refractivity contribution >= 4 is 5.91 Å². The van der Waals surface area contributed by atoms with Gasteiger partial charge in [-0.3, -0.25) is 4.79 Å². The number of nitrogens with zero attached hydrogens (tertiary/aromatic N) is 2. The Kier molecular flexibility index (Phi) is 4.85. The summed E-state index contributed by atoms with van der Waals surface area (Å²) in [5.41, 5.74) is 0. The Morgan fingerprint density at radius 2 is 1.79 bits per heavy atom. The lowest BCUT2D eigenvalue weighted by Crippen LogP contribution is -2.53. The lowest BCUT2D eigenvalue weighted by molar-refractivity contribution is -0.139. The molecule has 19 heavy (non-hydrogen) atoms. The molecule has 1 atom stereocenters. The minimum absolute atomic E-state index is 0.175. The molecule has 0 aliphatic carbocycles. The van der Waals surface area contributed by atoms with Gasteiger partial charge in [-0.1, -0.05) is 6.92 Å². The van der Waals surface area contributed by atoms with Crippen LogP contribution in [-0.2, 0) is 4.79 Å². The summed E-state index contributed by atoms with van der Waals surface area (Å²) >= 11 is 0. The van der Waals surface area contributed by atoms with E-state index >= 15 is 0 Å². The maximum absolute atomic E-state index is 12.5. The first-order chi connectivity index (χ1) is 9.00. The molecule has 2 aliphatic rings. The normalized spacial score (nSPS) is 24.3. The van der Waals surface area contributed by atoms with Crippen LogP contribution in [0.15, 0.2) is 0 Å². The molecule has 4 nitrogen and oxygen atoms in total. The first-order valence-corrected chi connectivity index (χ1v) is 7.72. The van der Waals surface area contributed by atoms with E-state index in [2.05, 4.69) is 31.0 Å². The zero-order valence-corrected chi connectivity index (χ0v) is 12.9. The van der Waals surface area contributed by atoms with Gasteiger partial charge in [0.2, 0.25) is 5.91 Å². The Balaban J connectivity index is 1.83. The van der Waals surface area contributed by atoms with Crippen LogP contribution in [-0.4, -0.2) is 61.0 Å². The number of carbonyl (C=O) groups excluding carboxylic acids is 1. The Morgan fingerprint density at radius 1 is 1.21 bits per heavy atom. The van der Waals surface area contributed by atoms with E-state index in [-0.39, 0.29) is 5.92 Å². The highest BCUT2D eigenvalue weighted by molar-refractivity contribution is 5.79. The van der Waals surface area contributed by atoms with Crippen LogP contribution in [0.25, 0.3) is 0 Å². The monoisotopic (exact) mass is 267 g/mol. The molecule has 4 heteroatoms. The predicted molar refractivity (Wildman–Crippen MR) is 78.0 cm³/mol. The molecule has 1 N–H and O–H groups in total. The van der Waals surface area contributed by atoms with Crippen molar-refractivity contribution < 1.29 is 4.79 Å². The number of likely N-dealkylation sites (tertiary alicyclic amines) is 1. The quantitative estimate of drug-likeness (QED) is 0.830. The molecule has 2 saturated heterocycles. The zero-order chi connectivity index (χ0) is 14.0. The molecule has 0 bridgehead atoms. The van der Waals surface area contributed by atoms with Crippen LogP contribution in [0.4, 0.5) is 0 Å². The molecule has 0 saturated carbocycles. The molecule has 1 amide bonds. The fraction of sp³-hybridized carbons (Fsp3) is 0.933. The highest BCUT2D eigenvalue weighted by Gasteiger charge is 2.33. The molecule has 0 aromatic carbocycles. The van der Waals surface area contributed by atoms with Crippen molar-refractivity contribution in [1.82, 2.24) is 15.1 Å². The van der Waals surface area contributed by atoms with Gasteiger partial charge in [0.15, 0.2) is 0 Å². The summed E-state index contributed by atoms with van der Waals surface area (Å²) in [6, 6.07) is 1.07. The van der Waals surface area contributed by atoms with E-state index in [0.29, 0.717) is 23.9 Å². The highest BCUT2D eigenvalue weighted by atomic mass is 16.2. The summed E-state index contributed by atoms with van der Waals surface area (Å²) in [6.07, 6.45) is 2.24. The van der Waals surface area contributed by atoms with Crippen molar-refractivity contribution in [3.63, 3.8) is 0 Å². The number of rotatable bonds is 4. The fourth-order valence-electron chi connectivity index (χ4n) is 3.16. The van der Waals surface area contributed by atoms with Crippen molar-refractivity contribution in [2.45, 2.75) is 45.7 Å². The lowest BCUT2D eigenvalue weighted by Gasteiger charge is -2.41. The lowest BCUT2D eigenvalue weighted by atomic mass is 9.87. The molecule has 110 valence electrons. The van der Waals surface area contributed by atoms with Gasteiger partial charge in [-0.2, -0.15) is 0 Å². The number of piperidine rings is 1. The van der Waals surface area contributed by atoms with Crippen molar-refractivity contribution in [2.75, 3.05) is 33.2 Å². The van der Waals surface area contributed by atoms with Crippen molar-refractivity contribution in [3.05, 3.63) is 0 Å². The van der Waals surface area contributed by atoms with Gasteiger partial charge < -0.3 is 15.1 Å². The average Bonchev–Trinajstić information content (AvgIpc) is 2.35. The summed E-state index contributed by atoms with van der Waals surface area (Å²) < 4.78 is 0. The van der Waals surface area contributed by atoms with E-state index in [1.165, 1.54) is 0 Å². The zero-order valence-electron chi connectivity index (χ0n) is 12.9. The number of hydrogen-bond acceptors (Lipinski definition) is 3. The summed E-state index contributed by atoms with van der Waals surface area (Å²) in [5, 5.41) is 3.26. The number of nitrogens with one attached hydrogen (secondary N) is 1. The van der Waals surface area contributed by atoms with Crippen LogP contribution in [0, 0.1) is 11.8 Å². The van der Waals surface area contributed by atoms with E-state index in [1.54, 1.807) is 0 Å². The number of hydrogen-bond donors (Lipinski definition) is 1. The minimum Gasteiger partial charge on any atom is -0.342 e. The van der Waals surface area contributed by atoms with E-state index in [9.17, 15) is 4.79 Å². The van der Waals surface area contributed by atoms with Crippen LogP contribution in [0.5, 0.6) is 0 Å². The third kappa shape index (κ3) is 3.29. The standard InChI is InChI=1S/C15H29N3O/c1-11(2)18-7-5-14(6-8-18)17(4)15(19)12(3)13-9-16-10-13/h11-14,16H,5-10H2,1-4H3. The number of amides is 1. The summed E-state index contributed by atoms with van der Waals surface area (Å²) in [4.78, 5) is 17.0. The van der Waals surface area contributed by atoms with Crippen LogP contribution < -0.4 is 5.32 Å². The molecule has 0 radical (unpaired) electrons. The maximum Gasteiger partial charge on any atom is 0.225 e. The third-order valence-corrected chi connectivity index (χ3v) is 5.03. The topological polar surface area (TPSA) is 35.6 Å². The second kappa shape index (κ2) is 6.23. The SMILES string of the molecule is CC(C(=O)N(C)C1CCN(C(C)C)CC1)C1CNC1. The van der Waals surface area contributed by atoms with Crippen LogP contribution >= 0.6 is 0 Å². The number of carbonyl (C=O) groups is 1. The Morgan fingerprint density at radius 3 is 2.21 bits per heavy atom. The third-order valence-electron chi connectivity index (χ3n) is 5.03. The van der Waals surface area contributed by atoms with E-state index in [4.69, 9.17) is 0 Å². The Labute approximate surface area is 117 Å². The highest BCUT2D eigenvalue weighted by Crippen LogP contribution is 2.22.